The van der Waals surface area contributed by atoms with Gasteiger partial charge < -0.3 is 9.47 Å². The highest BCUT2D eigenvalue weighted by Gasteiger charge is 2.35. The highest BCUT2D eigenvalue weighted by molar-refractivity contribution is 6.25. The molecule has 26 heavy (non-hydrogen) atoms. The van der Waals surface area contributed by atoms with Gasteiger partial charge in [0.25, 0.3) is 0 Å². The number of allylic oxidation sites excluding steroid dienone is 2. The summed E-state index contributed by atoms with van der Waals surface area (Å²) in [5, 5.41) is 0. The average Bonchev–Trinajstić information content (AvgIpc) is 2.70. The van der Waals surface area contributed by atoms with E-state index in [4.69, 9.17) is 21.1 Å². The molecule has 3 aliphatic rings. The van der Waals surface area contributed by atoms with Crippen molar-refractivity contribution in [3.63, 3.8) is 0 Å². The lowest BCUT2D eigenvalue weighted by Gasteiger charge is -2.40. The van der Waals surface area contributed by atoms with Crippen molar-refractivity contribution in [3.8, 4) is 0 Å². The SMILES string of the molecule is C=CCCCC1COC(C2CCC(C3CCC(C=CCl)CC3)CC2)OC1. The van der Waals surface area contributed by atoms with Crippen LogP contribution in [0.5, 0.6) is 0 Å². The molecule has 3 fully saturated rings. The molecule has 0 aromatic heterocycles. The first kappa shape index (κ1) is 20.4. The molecule has 0 aromatic carbocycles. The predicted molar refractivity (Wildman–Crippen MR) is 109 cm³/mol. The molecule has 3 rings (SSSR count). The standard InChI is InChI=1S/C23H37ClO2/c1-2-3-4-5-19-16-25-23(26-17-19)22-12-10-21(11-13-22)20-8-6-18(7-9-20)14-15-24/h2,14-15,18-23H,1,3-13,16-17H2. The topological polar surface area (TPSA) is 18.5 Å². The maximum absolute atomic E-state index is 6.11. The van der Waals surface area contributed by atoms with E-state index in [2.05, 4.69) is 12.7 Å². The zero-order chi connectivity index (χ0) is 18.2. The van der Waals surface area contributed by atoms with Gasteiger partial charge in [0.15, 0.2) is 6.29 Å². The molecular weight excluding hydrogens is 344 g/mol. The van der Waals surface area contributed by atoms with E-state index in [1.165, 1.54) is 64.2 Å². The maximum Gasteiger partial charge on any atom is 0.160 e. The summed E-state index contributed by atoms with van der Waals surface area (Å²) in [4.78, 5) is 0. The van der Waals surface area contributed by atoms with E-state index in [-0.39, 0.29) is 6.29 Å². The summed E-state index contributed by atoms with van der Waals surface area (Å²) in [7, 11) is 0. The Morgan fingerprint density at radius 1 is 0.846 bits per heavy atom. The second-order valence-corrected chi connectivity index (χ2v) is 9.04. The summed E-state index contributed by atoms with van der Waals surface area (Å²) in [5.41, 5.74) is 1.71. The molecule has 2 aliphatic carbocycles. The van der Waals surface area contributed by atoms with Gasteiger partial charge in [-0.1, -0.05) is 23.8 Å². The van der Waals surface area contributed by atoms with Crippen LogP contribution in [-0.4, -0.2) is 19.5 Å². The zero-order valence-corrected chi connectivity index (χ0v) is 17.0. The van der Waals surface area contributed by atoms with Gasteiger partial charge in [0.1, 0.15) is 0 Å². The first-order valence-electron chi connectivity index (χ1n) is 10.9. The molecule has 0 atom stereocenters. The predicted octanol–water partition coefficient (Wildman–Crippen LogP) is 6.70. The van der Waals surface area contributed by atoms with E-state index in [9.17, 15) is 0 Å². The highest BCUT2D eigenvalue weighted by Crippen LogP contribution is 2.43. The summed E-state index contributed by atoms with van der Waals surface area (Å²) in [6, 6.07) is 0. The van der Waals surface area contributed by atoms with Crippen molar-refractivity contribution in [2.45, 2.75) is 76.9 Å². The number of hydrogen-bond donors (Lipinski definition) is 0. The Balaban J connectivity index is 1.34. The Morgan fingerprint density at radius 3 is 2.00 bits per heavy atom. The van der Waals surface area contributed by atoms with Crippen LogP contribution in [0.2, 0.25) is 0 Å². The molecule has 148 valence electrons. The van der Waals surface area contributed by atoms with Crippen LogP contribution in [-0.2, 0) is 9.47 Å². The van der Waals surface area contributed by atoms with Crippen LogP contribution in [0.3, 0.4) is 0 Å². The van der Waals surface area contributed by atoms with E-state index in [1.54, 1.807) is 5.54 Å². The smallest absolute Gasteiger partial charge is 0.160 e. The Bertz CT molecular complexity index is 425. The number of hydrogen-bond acceptors (Lipinski definition) is 2. The second kappa shape index (κ2) is 10.9. The fourth-order valence-electron chi connectivity index (χ4n) is 5.35. The Morgan fingerprint density at radius 2 is 1.42 bits per heavy atom. The summed E-state index contributed by atoms with van der Waals surface area (Å²) in [6.45, 7) is 5.57. The van der Waals surface area contributed by atoms with Crippen molar-refractivity contribution < 1.29 is 9.47 Å². The monoisotopic (exact) mass is 380 g/mol. The molecule has 0 spiro atoms. The van der Waals surface area contributed by atoms with Gasteiger partial charge in [-0.15, -0.1) is 6.58 Å². The minimum Gasteiger partial charge on any atom is -0.352 e. The third-order valence-electron chi connectivity index (χ3n) is 7.04. The van der Waals surface area contributed by atoms with Crippen molar-refractivity contribution in [2.24, 2.45) is 29.6 Å². The lowest BCUT2D eigenvalue weighted by molar-refractivity contribution is -0.230. The van der Waals surface area contributed by atoms with Crippen molar-refractivity contribution in [2.75, 3.05) is 13.2 Å². The molecule has 0 unspecified atom stereocenters. The maximum atomic E-state index is 6.11. The van der Waals surface area contributed by atoms with E-state index < -0.39 is 0 Å². The number of rotatable bonds is 7. The molecular formula is C23H37ClO2. The second-order valence-electron chi connectivity index (χ2n) is 8.79. The molecule has 1 heterocycles. The largest absolute Gasteiger partial charge is 0.352 e. The molecule has 0 N–H and O–H groups in total. The number of unbranched alkanes of at least 4 members (excludes halogenated alkanes) is 1. The summed E-state index contributed by atoms with van der Waals surface area (Å²) < 4.78 is 12.2. The van der Waals surface area contributed by atoms with Crippen LogP contribution in [0.4, 0.5) is 0 Å². The molecule has 3 heteroatoms. The number of ether oxygens (including phenoxy) is 2. The van der Waals surface area contributed by atoms with E-state index >= 15 is 0 Å². The summed E-state index contributed by atoms with van der Waals surface area (Å²) >= 11 is 5.74. The third kappa shape index (κ3) is 5.84. The molecule has 0 bridgehead atoms. The van der Waals surface area contributed by atoms with Gasteiger partial charge in [-0.3, -0.25) is 0 Å². The Hall–Kier alpha value is -0.310. The molecule has 2 nitrogen and oxygen atoms in total. The van der Waals surface area contributed by atoms with Gasteiger partial charge >= 0.3 is 0 Å². The molecule has 2 saturated carbocycles. The van der Waals surface area contributed by atoms with Crippen LogP contribution in [0.15, 0.2) is 24.3 Å². The Kier molecular flexibility index (Phi) is 8.55. The molecule has 0 aromatic rings. The molecule has 0 radical (unpaired) electrons. The van der Waals surface area contributed by atoms with E-state index in [0.29, 0.717) is 11.8 Å². The number of halogens is 1. The quantitative estimate of drug-likeness (QED) is 0.361. The zero-order valence-electron chi connectivity index (χ0n) is 16.3. The van der Waals surface area contributed by atoms with E-state index in [1.807, 2.05) is 6.08 Å². The molecule has 0 amide bonds. The fourth-order valence-corrected chi connectivity index (χ4v) is 5.55. The molecule has 1 aliphatic heterocycles. The fraction of sp³-hybridized carbons (Fsp3) is 0.826. The van der Waals surface area contributed by atoms with Gasteiger partial charge in [-0.2, -0.15) is 0 Å². The highest BCUT2D eigenvalue weighted by atomic mass is 35.5. The minimum absolute atomic E-state index is 0.0659. The average molecular weight is 381 g/mol. The van der Waals surface area contributed by atoms with Crippen LogP contribution in [0, 0.1) is 29.6 Å². The normalized spacial score (nSPS) is 39.1. The van der Waals surface area contributed by atoms with E-state index in [0.717, 1.165) is 37.4 Å². The van der Waals surface area contributed by atoms with Gasteiger partial charge in [-0.05, 0) is 88.4 Å². The first-order valence-corrected chi connectivity index (χ1v) is 11.3. The minimum atomic E-state index is 0.0659. The van der Waals surface area contributed by atoms with Crippen molar-refractivity contribution >= 4 is 11.6 Å². The van der Waals surface area contributed by atoms with Crippen LogP contribution >= 0.6 is 11.6 Å². The summed E-state index contributed by atoms with van der Waals surface area (Å²) in [6.07, 6.45) is 18.5. The third-order valence-corrected chi connectivity index (χ3v) is 7.19. The summed E-state index contributed by atoms with van der Waals surface area (Å²) in [5.74, 6) is 3.81. The van der Waals surface area contributed by atoms with Crippen molar-refractivity contribution in [1.82, 2.24) is 0 Å². The van der Waals surface area contributed by atoms with Crippen LogP contribution in [0.25, 0.3) is 0 Å². The Labute approximate surface area is 165 Å². The van der Waals surface area contributed by atoms with Gasteiger partial charge in [-0.25, -0.2) is 0 Å². The lowest BCUT2D eigenvalue weighted by Crippen LogP contribution is -2.39. The lowest BCUT2D eigenvalue weighted by atomic mass is 9.69. The van der Waals surface area contributed by atoms with Crippen LogP contribution in [0.1, 0.15) is 70.6 Å². The van der Waals surface area contributed by atoms with Gasteiger partial charge in [0.2, 0.25) is 0 Å². The van der Waals surface area contributed by atoms with Crippen molar-refractivity contribution in [3.05, 3.63) is 24.3 Å². The van der Waals surface area contributed by atoms with Gasteiger partial charge in [0.05, 0.1) is 13.2 Å². The van der Waals surface area contributed by atoms with Gasteiger partial charge in [0, 0.05) is 17.4 Å². The first-order chi connectivity index (χ1) is 12.8. The van der Waals surface area contributed by atoms with Crippen molar-refractivity contribution in [1.29, 1.82) is 0 Å². The molecule has 1 saturated heterocycles. The van der Waals surface area contributed by atoms with Crippen LogP contribution < -0.4 is 0 Å².